The minimum atomic E-state index is 0.466. The molecule has 1 atom stereocenters. The maximum absolute atomic E-state index is 5.68. The third-order valence-corrected chi connectivity index (χ3v) is 3.91. The van der Waals surface area contributed by atoms with Gasteiger partial charge in [-0.25, -0.2) is 0 Å². The quantitative estimate of drug-likeness (QED) is 0.757. The first kappa shape index (κ1) is 14.9. The monoisotopic (exact) mass is 291 g/mol. The number of nitrogens with one attached hydrogen (secondary N) is 1. The van der Waals surface area contributed by atoms with Crippen LogP contribution in [0.25, 0.3) is 0 Å². The molecule has 4 heteroatoms. The van der Waals surface area contributed by atoms with E-state index >= 15 is 0 Å². The van der Waals surface area contributed by atoms with Gasteiger partial charge in [-0.1, -0.05) is 6.07 Å². The van der Waals surface area contributed by atoms with Crippen LogP contribution in [0.1, 0.15) is 11.8 Å². The fourth-order valence-electron chi connectivity index (χ4n) is 1.95. The molecule has 0 aliphatic carbocycles. The molecule has 1 aromatic carbocycles. The van der Waals surface area contributed by atoms with Crippen LogP contribution < -0.4 is 14.8 Å². The molecule has 0 fully saturated rings. The van der Waals surface area contributed by atoms with Crippen LogP contribution in [0.3, 0.4) is 0 Å². The van der Waals surface area contributed by atoms with E-state index in [-0.39, 0.29) is 0 Å². The molecule has 2 aromatic rings. The van der Waals surface area contributed by atoms with Crippen molar-refractivity contribution in [2.75, 3.05) is 20.3 Å². The molecule has 0 saturated heterocycles. The van der Waals surface area contributed by atoms with Gasteiger partial charge in [0.15, 0.2) is 0 Å². The number of hydrogen-bond donors (Lipinski definition) is 1. The highest BCUT2D eigenvalue weighted by atomic mass is 32.1. The van der Waals surface area contributed by atoms with Gasteiger partial charge in [-0.3, -0.25) is 0 Å². The number of rotatable bonds is 8. The Labute approximate surface area is 124 Å². The van der Waals surface area contributed by atoms with Gasteiger partial charge in [0.1, 0.15) is 18.1 Å². The van der Waals surface area contributed by atoms with Gasteiger partial charge in [0.05, 0.1) is 7.11 Å². The molecule has 3 nitrogen and oxygen atoms in total. The molecule has 1 unspecified atom stereocenters. The number of methoxy groups -OCH3 is 1. The first-order chi connectivity index (χ1) is 9.78. The zero-order valence-electron chi connectivity index (χ0n) is 12.0. The van der Waals surface area contributed by atoms with Crippen molar-refractivity contribution < 1.29 is 9.47 Å². The number of thiophene rings is 1. The molecule has 1 N–H and O–H groups in total. The van der Waals surface area contributed by atoms with E-state index in [9.17, 15) is 0 Å². The Balaban J connectivity index is 1.63. The van der Waals surface area contributed by atoms with Crippen molar-refractivity contribution in [1.82, 2.24) is 5.32 Å². The van der Waals surface area contributed by atoms with Crippen LogP contribution in [0, 0.1) is 0 Å². The summed E-state index contributed by atoms with van der Waals surface area (Å²) in [6.07, 6.45) is 1.07. The summed E-state index contributed by atoms with van der Waals surface area (Å²) in [7, 11) is 1.66. The Hall–Kier alpha value is -1.52. The van der Waals surface area contributed by atoms with Crippen LogP contribution >= 0.6 is 11.3 Å². The summed E-state index contributed by atoms with van der Waals surface area (Å²) in [6, 6.07) is 12.4. The minimum Gasteiger partial charge on any atom is -0.497 e. The van der Waals surface area contributed by atoms with E-state index in [2.05, 4.69) is 29.8 Å². The molecule has 2 rings (SSSR count). The summed E-state index contributed by atoms with van der Waals surface area (Å²) in [4.78, 5) is 1.42. The highest BCUT2D eigenvalue weighted by Crippen LogP contribution is 2.16. The Morgan fingerprint density at radius 2 is 1.90 bits per heavy atom. The van der Waals surface area contributed by atoms with Crippen LogP contribution in [0.4, 0.5) is 0 Å². The van der Waals surface area contributed by atoms with Crippen molar-refractivity contribution in [2.24, 2.45) is 0 Å². The van der Waals surface area contributed by atoms with E-state index in [0.717, 1.165) is 24.5 Å². The number of ether oxygens (including phenoxy) is 2. The number of benzene rings is 1. The summed E-state index contributed by atoms with van der Waals surface area (Å²) < 4.78 is 10.8. The van der Waals surface area contributed by atoms with Gasteiger partial charge in [-0.05, 0) is 49.1 Å². The van der Waals surface area contributed by atoms with Crippen molar-refractivity contribution in [3.05, 3.63) is 46.7 Å². The van der Waals surface area contributed by atoms with E-state index in [1.807, 2.05) is 35.6 Å². The summed E-state index contributed by atoms with van der Waals surface area (Å²) in [5.41, 5.74) is 0. The highest BCUT2D eigenvalue weighted by Gasteiger charge is 2.03. The topological polar surface area (TPSA) is 30.5 Å². The van der Waals surface area contributed by atoms with E-state index in [1.165, 1.54) is 4.88 Å². The fourth-order valence-corrected chi connectivity index (χ4v) is 2.78. The molecule has 20 heavy (non-hydrogen) atoms. The second-order valence-corrected chi connectivity index (χ2v) is 5.69. The summed E-state index contributed by atoms with van der Waals surface area (Å²) in [5.74, 6) is 1.72. The molecule has 0 amide bonds. The average Bonchev–Trinajstić information content (AvgIpc) is 2.97. The normalized spacial score (nSPS) is 12.1. The van der Waals surface area contributed by atoms with Crippen LogP contribution in [-0.2, 0) is 6.42 Å². The van der Waals surface area contributed by atoms with Gasteiger partial charge < -0.3 is 14.8 Å². The Morgan fingerprint density at radius 1 is 1.15 bits per heavy atom. The van der Waals surface area contributed by atoms with Gasteiger partial charge in [-0.2, -0.15) is 0 Å². The minimum absolute atomic E-state index is 0.466. The molecule has 0 radical (unpaired) electrons. The smallest absolute Gasteiger partial charge is 0.119 e. The molecule has 0 spiro atoms. The largest absolute Gasteiger partial charge is 0.497 e. The molecule has 0 aliphatic heterocycles. The van der Waals surface area contributed by atoms with Crippen molar-refractivity contribution in [3.63, 3.8) is 0 Å². The van der Waals surface area contributed by atoms with E-state index in [1.54, 1.807) is 7.11 Å². The van der Waals surface area contributed by atoms with Crippen LogP contribution in [0.5, 0.6) is 11.5 Å². The van der Waals surface area contributed by atoms with E-state index in [4.69, 9.17) is 9.47 Å². The zero-order chi connectivity index (χ0) is 14.2. The van der Waals surface area contributed by atoms with Gasteiger partial charge in [0.2, 0.25) is 0 Å². The lowest BCUT2D eigenvalue weighted by molar-refractivity contribution is 0.306. The maximum atomic E-state index is 5.68. The Kier molecular flexibility index (Phi) is 5.89. The van der Waals surface area contributed by atoms with Gasteiger partial charge in [0.25, 0.3) is 0 Å². The second-order valence-electron chi connectivity index (χ2n) is 4.66. The molecule has 1 aromatic heterocycles. The lowest BCUT2D eigenvalue weighted by atomic mass is 10.2. The zero-order valence-corrected chi connectivity index (χ0v) is 12.8. The van der Waals surface area contributed by atoms with Gasteiger partial charge in [0, 0.05) is 17.5 Å². The van der Waals surface area contributed by atoms with Gasteiger partial charge in [-0.15, -0.1) is 11.3 Å². The molecule has 1 heterocycles. The predicted octanol–water partition coefficient (Wildman–Crippen LogP) is 3.36. The maximum Gasteiger partial charge on any atom is 0.119 e. The lowest BCUT2D eigenvalue weighted by Crippen LogP contribution is -2.31. The number of hydrogen-bond acceptors (Lipinski definition) is 4. The van der Waals surface area contributed by atoms with Crippen molar-refractivity contribution >= 4 is 11.3 Å². The SMILES string of the molecule is COc1ccc(OCCNC(C)Cc2cccs2)cc1. The Bertz CT molecular complexity index is 482. The molecular weight excluding hydrogens is 270 g/mol. The third-order valence-electron chi connectivity index (χ3n) is 3.01. The molecule has 0 bridgehead atoms. The standard InChI is InChI=1S/C16H21NO2S/c1-13(12-16-4-3-11-20-16)17-9-10-19-15-7-5-14(18-2)6-8-15/h3-8,11,13,17H,9-10,12H2,1-2H3. The summed E-state index contributed by atoms with van der Waals surface area (Å²) in [6.45, 7) is 3.72. The fraction of sp³-hybridized carbons (Fsp3) is 0.375. The highest BCUT2D eigenvalue weighted by molar-refractivity contribution is 7.09. The molecular formula is C16H21NO2S. The van der Waals surface area contributed by atoms with Crippen molar-refractivity contribution in [2.45, 2.75) is 19.4 Å². The molecule has 0 aliphatic rings. The first-order valence-electron chi connectivity index (χ1n) is 6.80. The average molecular weight is 291 g/mol. The molecule has 108 valence electrons. The van der Waals surface area contributed by atoms with Crippen molar-refractivity contribution in [1.29, 1.82) is 0 Å². The second kappa shape index (κ2) is 7.92. The molecule has 0 saturated carbocycles. The summed E-state index contributed by atoms with van der Waals surface area (Å²) in [5, 5.41) is 5.59. The van der Waals surface area contributed by atoms with Crippen LogP contribution in [-0.4, -0.2) is 26.3 Å². The van der Waals surface area contributed by atoms with E-state index in [0.29, 0.717) is 12.6 Å². The lowest BCUT2D eigenvalue weighted by Gasteiger charge is -2.13. The van der Waals surface area contributed by atoms with Crippen molar-refractivity contribution in [3.8, 4) is 11.5 Å². The van der Waals surface area contributed by atoms with Crippen LogP contribution in [0.15, 0.2) is 41.8 Å². The van der Waals surface area contributed by atoms with Gasteiger partial charge >= 0.3 is 0 Å². The Morgan fingerprint density at radius 3 is 2.55 bits per heavy atom. The summed E-state index contributed by atoms with van der Waals surface area (Å²) >= 11 is 1.81. The predicted molar refractivity (Wildman–Crippen MR) is 84.0 cm³/mol. The van der Waals surface area contributed by atoms with E-state index < -0.39 is 0 Å². The third kappa shape index (κ3) is 4.87. The van der Waals surface area contributed by atoms with Crippen LogP contribution in [0.2, 0.25) is 0 Å². The first-order valence-corrected chi connectivity index (χ1v) is 7.68.